The first-order valence-corrected chi connectivity index (χ1v) is 5.08. The highest BCUT2D eigenvalue weighted by Crippen LogP contribution is 1.83. The van der Waals surface area contributed by atoms with Crippen molar-refractivity contribution in [1.82, 2.24) is 20.8 Å². The molecule has 1 heterocycles. The summed E-state index contributed by atoms with van der Waals surface area (Å²) in [6.45, 7) is 5.43. The highest BCUT2D eigenvalue weighted by atomic mass is 16.5. The zero-order chi connectivity index (χ0) is 10.2. The second kappa shape index (κ2) is 7.10. The maximum atomic E-state index is 9.34. The van der Waals surface area contributed by atoms with Crippen LogP contribution in [0.15, 0.2) is 0 Å². The average molecular weight is 204 g/mol. The minimum Gasteiger partial charge on any atom is -0.314 e. The lowest BCUT2D eigenvalue weighted by molar-refractivity contribution is -0.0975. The third-order valence-electron chi connectivity index (χ3n) is 2.19. The average Bonchev–Trinajstić information content (AvgIpc) is 2.14. The number of hydroxylamine groups is 4. The van der Waals surface area contributed by atoms with Crippen molar-refractivity contribution in [1.29, 1.82) is 0 Å². The van der Waals surface area contributed by atoms with E-state index in [0.29, 0.717) is 26.2 Å². The molecule has 0 atom stereocenters. The van der Waals surface area contributed by atoms with E-state index in [9.17, 15) is 10.4 Å². The molecule has 4 N–H and O–H groups in total. The molecule has 0 bridgehead atoms. The monoisotopic (exact) mass is 204 g/mol. The first kappa shape index (κ1) is 11.8. The number of hydrogen-bond acceptors (Lipinski definition) is 6. The van der Waals surface area contributed by atoms with E-state index in [2.05, 4.69) is 10.6 Å². The lowest BCUT2D eigenvalue weighted by atomic mass is 10.4. The van der Waals surface area contributed by atoms with E-state index in [1.54, 1.807) is 0 Å². The first-order valence-electron chi connectivity index (χ1n) is 5.08. The molecule has 1 aliphatic rings. The van der Waals surface area contributed by atoms with Crippen LogP contribution in [-0.4, -0.2) is 72.9 Å². The van der Waals surface area contributed by atoms with Crippen molar-refractivity contribution in [3.8, 4) is 0 Å². The Morgan fingerprint density at radius 3 is 1.21 bits per heavy atom. The molecule has 0 spiro atoms. The normalized spacial score (nSPS) is 25.3. The zero-order valence-corrected chi connectivity index (χ0v) is 8.45. The second-order valence-electron chi connectivity index (χ2n) is 3.41. The summed E-state index contributed by atoms with van der Waals surface area (Å²) in [6.07, 6.45) is 0. The van der Waals surface area contributed by atoms with Crippen LogP contribution in [0.5, 0.6) is 0 Å². The van der Waals surface area contributed by atoms with Crippen LogP contribution in [-0.2, 0) is 0 Å². The fraction of sp³-hybridized carbons (Fsp3) is 1.00. The largest absolute Gasteiger partial charge is 0.314 e. The van der Waals surface area contributed by atoms with Crippen LogP contribution in [0, 0.1) is 0 Å². The van der Waals surface area contributed by atoms with Crippen LogP contribution in [0.3, 0.4) is 0 Å². The van der Waals surface area contributed by atoms with Crippen molar-refractivity contribution in [3.63, 3.8) is 0 Å². The van der Waals surface area contributed by atoms with E-state index >= 15 is 0 Å². The molecule has 1 aliphatic heterocycles. The van der Waals surface area contributed by atoms with E-state index in [4.69, 9.17) is 0 Å². The third-order valence-corrected chi connectivity index (χ3v) is 2.19. The summed E-state index contributed by atoms with van der Waals surface area (Å²) in [5.41, 5.74) is 0. The van der Waals surface area contributed by atoms with Gasteiger partial charge in [-0.15, -0.1) is 0 Å². The van der Waals surface area contributed by atoms with Gasteiger partial charge in [-0.1, -0.05) is 0 Å². The standard InChI is InChI=1S/C8H20N4O2/c13-11-5-1-9-2-6-12(14)8-4-10-3-7-11/h9-10,13-14H,1-8H2. The van der Waals surface area contributed by atoms with Crippen LogP contribution < -0.4 is 10.6 Å². The summed E-state index contributed by atoms with van der Waals surface area (Å²) in [7, 11) is 0. The number of nitrogens with one attached hydrogen (secondary N) is 2. The molecular formula is C8H20N4O2. The first-order chi connectivity index (χ1) is 6.79. The molecule has 0 aromatic heterocycles. The molecule has 0 aromatic rings. The van der Waals surface area contributed by atoms with Gasteiger partial charge >= 0.3 is 0 Å². The van der Waals surface area contributed by atoms with Crippen molar-refractivity contribution in [2.24, 2.45) is 0 Å². The van der Waals surface area contributed by atoms with Crippen LogP contribution in [0.2, 0.25) is 0 Å². The highest BCUT2D eigenvalue weighted by molar-refractivity contribution is 4.58. The van der Waals surface area contributed by atoms with E-state index in [-0.39, 0.29) is 0 Å². The molecule has 0 aromatic carbocycles. The summed E-state index contributed by atoms with van der Waals surface area (Å²) in [6, 6.07) is 0. The van der Waals surface area contributed by atoms with Gasteiger partial charge in [-0.3, -0.25) is 0 Å². The lowest BCUT2D eigenvalue weighted by Gasteiger charge is -2.19. The predicted octanol–water partition coefficient (Wildman–Crippen LogP) is -1.44. The molecule has 84 valence electrons. The van der Waals surface area contributed by atoms with Gasteiger partial charge in [-0.05, 0) is 0 Å². The molecule has 1 fully saturated rings. The van der Waals surface area contributed by atoms with Gasteiger partial charge < -0.3 is 21.0 Å². The molecule has 6 heteroatoms. The number of hydrogen-bond donors (Lipinski definition) is 4. The Kier molecular flexibility index (Phi) is 6.00. The molecule has 1 rings (SSSR count). The van der Waals surface area contributed by atoms with Crippen molar-refractivity contribution in [3.05, 3.63) is 0 Å². The molecule has 0 saturated carbocycles. The second-order valence-corrected chi connectivity index (χ2v) is 3.41. The number of rotatable bonds is 0. The summed E-state index contributed by atoms with van der Waals surface area (Å²) >= 11 is 0. The van der Waals surface area contributed by atoms with Gasteiger partial charge in [-0.2, -0.15) is 10.1 Å². The molecule has 1 saturated heterocycles. The Hall–Kier alpha value is -0.240. The summed E-state index contributed by atoms with van der Waals surface area (Å²) in [5.74, 6) is 0. The Morgan fingerprint density at radius 1 is 0.643 bits per heavy atom. The SMILES string of the molecule is ON1CCNCCN(O)CCNCC1. The van der Waals surface area contributed by atoms with Gasteiger partial charge in [0.2, 0.25) is 0 Å². The van der Waals surface area contributed by atoms with Gasteiger partial charge in [0.05, 0.1) is 0 Å². The quantitative estimate of drug-likeness (QED) is 0.387. The van der Waals surface area contributed by atoms with E-state index < -0.39 is 0 Å². The van der Waals surface area contributed by atoms with Crippen molar-refractivity contribution in [2.45, 2.75) is 0 Å². The van der Waals surface area contributed by atoms with E-state index in [1.807, 2.05) is 0 Å². The zero-order valence-electron chi connectivity index (χ0n) is 8.45. The Bertz CT molecular complexity index is 119. The van der Waals surface area contributed by atoms with Crippen LogP contribution in [0.4, 0.5) is 0 Å². The summed E-state index contributed by atoms with van der Waals surface area (Å²) < 4.78 is 0. The molecule has 0 aliphatic carbocycles. The van der Waals surface area contributed by atoms with Crippen molar-refractivity contribution >= 4 is 0 Å². The van der Waals surface area contributed by atoms with Gasteiger partial charge in [0, 0.05) is 52.4 Å². The molecule has 0 unspecified atom stereocenters. The summed E-state index contributed by atoms with van der Waals surface area (Å²) in [5, 5.41) is 27.6. The minimum atomic E-state index is 0.618. The van der Waals surface area contributed by atoms with Gasteiger partial charge in [0.15, 0.2) is 0 Å². The van der Waals surface area contributed by atoms with Gasteiger partial charge in [0.1, 0.15) is 0 Å². The topological polar surface area (TPSA) is 71.0 Å². The predicted molar refractivity (Wildman–Crippen MR) is 52.5 cm³/mol. The van der Waals surface area contributed by atoms with Crippen LogP contribution in [0.25, 0.3) is 0 Å². The molecular weight excluding hydrogens is 184 g/mol. The maximum absolute atomic E-state index is 9.34. The molecule has 6 nitrogen and oxygen atoms in total. The fourth-order valence-corrected chi connectivity index (χ4v) is 1.31. The van der Waals surface area contributed by atoms with E-state index in [1.165, 1.54) is 10.1 Å². The smallest absolute Gasteiger partial charge is 0.0363 e. The lowest BCUT2D eigenvalue weighted by Crippen LogP contribution is -2.41. The number of nitrogens with zero attached hydrogens (tertiary/aromatic N) is 2. The van der Waals surface area contributed by atoms with Crippen molar-refractivity contribution in [2.75, 3.05) is 52.4 Å². The van der Waals surface area contributed by atoms with Crippen LogP contribution in [0.1, 0.15) is 0 Å². The highest BCUT2D eigenvalue weighted by Gasteiger charge is 2.03. The molecule has 0 radical (unpaired) electrons. The van der Waals surface area contributed by atoms with Crippen LogP contribution >= 0.6 is 0 Å². The third kappa shape index (κ3) is 5.48. The Morgan fingerprint density at radius 2 is 0.929 bits per heavy atom. The Balaban J connectivity index is 2.19. The van der Waals surface area contributed by atoms with Gasteiger partial charge in [0.25, 0.3) is 0 Å². The Labute approximate surface area is 84.4 Å². The molecule has 0 amide bonds. The summed E-state index contributed by atoms with van der Waals surface area (Å²) in [4.78, 5) is 0. The van der Waals surface area contributed by atoms with Gasteiger partial charge in [-0.25, -0.2) is 0 Å². The molecule has 14 heavy (non-hydrogen) atoms. The minimum absolute atomic E-state index is 0.618. The maximum Gasteiger partial charge on any atom is 0.0363 e. The fourth-order valence-electron chi connectivity index (χ4n) is 1.31. The van der Waals surface area contributed by atoms with E-state index in [0.717, 1.165) is 26.2 Å². The van der Waals surface area contributed by atoms with Crippen molar-refractivity contribution < 1.29 is 10.4 Å².